The predicted octanol–water partition coefficient (Wildman–Crippen LogP) is 2.98. The predicted molar refractivity (Wildman–Crippen MR) is 50.0 cm³/mol. The van der Waals surface area contributed by atoms with Crippen molar-refractivity contribution in [2.75, 3.05) is 0 Å². The maximum atomic E-state index is 2.56. The molecular weight excluding hydrogens is 131 g/mol. The molecule has 0 N–H and O–H groups in total. The minimum atomic E-state index is 0.916. The van der Waals surface area contributed by atoms with E-state index < -0.39 is 0 Å². The van der Waals surface area contributed by atoms with E-state index in [9.17, 15) is 0 Å². The molecule has 0 aromatic rings. The van der Waals surface area contributed by atoms with Gasteiger partial charge in [-0.15, -0.1) is 0 Å². The third kappa shape index (κ3) is 1.34. The topological polar surface area (TPSA) is 0 Å². The molecule has 2 bridgehead atoms. The van der Waals surface area contributed by atoms with E-state index in [2.05, 4.69) is 21.1 Å². The van der Waals surface area contributed by atoms with E-state index in [0.29, 0.717) is 0 Å². The number of rotatable bonds is 0. The molecule has 2 aliphatic rings. The molecular formula is C10H18B. The highest BCUT2D eigenvalue weighted by atomic mass is 14.3. The molecule has 1 heteroatoms. The van der Waals surface area contributed by atoms with Gasteiger partial charge in [-0.1, -0.05) is 38.8 Å². The molecule has 0 aromatic carbocycles. The van der Waals surface area contributed by atoms with Crippen LogP contribution in [0.4, 0.5) is 0 Å². The van der Waals surface area contributed by atoms with Gasteiger partial charge in [0.2, 0.25) is 0 Å². The first-order valence-electron chi connectivity index (χ1n) is 5.10. The van der Waals surface area contributed by atoms with Gasteiger partial charge < -0.3 is 0 Å². The first kappa shape index (κ1) is 7.70. The Kier molecular flexibility index (Phi) is 1.99. The lowest BCUT2D eigenvalue weighted by atomic mass is 9.45. The van der Waals surface area contributed by atoms with E-state index in [0.717, 1.165) is 23.6 Å². The Morgan fingerprint density at radius 1 is 1.09 bits per heavy atom. The summed E-state index contributed by atoms with van der Waals surface area (Å²) >= 11 is 0. The molecule has 1 aliphatic heterocycles. The molecule has 2 rings (SSSR count). The SMILES string of the molecule is CC1[B]C[C@@H]2C[C@H]1CC[C@H]2C. The van der Waals surface area contributed by atoms with Gasteiger partial charge in [-0.2, -0.15) is 0 Å². The van der Waals surface area contributed by atoms with Gasteiger partial charge in [-0.05, 0) is 24.2 Å². The Bertz CT molecular complexity index is 128. The van der Waals surface area contributed by atoms with Gasteiger partial charge in [0.15, 0.2) is 0 Å². The zero-order valence-corrected chi connectivity index (χ0v) is 7.72. The summed E-state index contributed by atoms with van der Waals surface area (Å²) in [4.78, 5) is 0. The quantitative estimate of drug-likeness (QED) is 0.464. The summed E-state index contributed by atoms with van der Waals surface area (Å²) in [6, 6.07) is 0. The van der Waals surface area contributed by atoms with E-state index in [1.165, 1.54) is 25.6 Å². The molecule has 11 heavy (non-hydrogen) atoms. The molecule has 1 saturated heterocycles. The van der Waals surface area contributed by atoms with Crippen molar-refractivity contribution in [3.05, 3.63) is 0 Å². The number of fused-ring (bicyclic) bond motifs is 2. The van der Waals surface area contributed by atoms with E-state index in [1.54, 1.807) is 0 Å². The average Bonchev–Trinajstić information content (AvgIpc) is 2.02. The van der Waals surface area contributed by atoms with Crippen LogP contribution < -0.4 is 0 Å². The molecule has 0 amide bonds. The first-order valence-corrected chi connectivity index (χ1v) is 5.10. The summed E-state index contributed by atoms with van der Waals surface area (Å²) in [5.74, 6) is 4.02. The van der Waals surface area contributed by atoms with Crippen LogP contribution in [0.15, 0.2) is 0 Å². The fourth-order valence-electron chi connectivity index (χ4n) is 2.84. The van der Waals surface area contributed by atoms with Crippen LogP contribution in [0.1, 0.15) is 33.1 Å². The zero-order valence-electron chi connectivity index (χ0n) is 7.72. The summed E-state index contributed by atoms with van der Waals surface area (Å²) in [5.41, 5.74) is 0. The van der Waals surface area contributed by atoms with E-state index in [4.69, 9.17) is 0 Å². The molecule has 0 spiro atoms. The first-order chi connectivity index (χ1) is 5.27. The van der Waals surface area contributed by atoms with Crippen LogP contribution in [-0.2, 0) is 0 Å². The molecule has 1 saturated carbocycles. The molecule has 4 atom stereocenters. The van der Waals surface area contributed by atoms with Gasteiger partial charge in [-0.25, -0.2) is 0 Å². The van der Waals surface area contributed by atoms with E-state index >= 15 is 0 Å². The minimum absolute atomic E-state index is 0.916. The van der Waals surface area contributed by atoms with Crippen LogP contribution in [0.5, 0.6) is 0 Å². The van der Waals surface area contributed by atoms with Gasteiger partial charge in [0.25, 0.3) is 0 Å². The van der Waals surface area contributed by atoms with Crippen molar-refractivity contribution in [3.8, 4) is 0 Å². The van der Waals surface area contributed by atoms with Crippen molar-refractivity contribution in [2.24, 2.45) is 17.8 Å². The van der Waals surface area contributed by atoms with Gasteiger partial charge >= 0.3 is 0 Å². The second-order valence-corrected chi connectivity index (χ2v) is 4.64. The molecule has 1 radical (unpaired) electrons. The highest BCUT2D eigenvalue weighted by molar-refractivity contribution is 6.38. The monoisotopic (exact) mass is 149 g/mol. The van der Waals surface area contributed by atoms with Gasteiger partial charge in [0.05, 0.1) is 0 Å². The lowest BCUT2D eigenvalue weighted by Crippen LogP contribution is -2.32. The third-order valence-electron chi connectivity index (χ3n) is 3.96. The molecule has 61 valence electrons. The Morgan fingerprint density at radius 3 is 2.73 bits per heavy atom. The van der Waals surface area contributed by atoms with Crippen molar-refractivity contribution in [3.63, 3.8) is 0 Å². The normalized spacial score (nSPS) is 50.0. The molecule has 1 aliphatic carbocycles. The average molecular weight is 149 g/mol. The van der Waals surface area contributed by atoms with Crippen LogP contribution in [0.2, 0.25) is 12.1 Å². The lowest BCUT2D eigenvalue weighted by Gasteiger charge is -2.42. The molecule has 0 aromatic heterocycles. The van der Waals surface area contributed by atoms with Crippen LogP contribution in [0, 0.1) is 17.8 Å². The standard InChI is InChI=1S/C10H18B/c1-7-3-4-9-5-10(7)6-11-8(9)2/h7-10H,3-6H2,1-2H3/t7-,8?,9-,10+/m1/s1. The van der Waals surface area contributed by atoms with Crippen molar-refractivity contribution < 1.29 is 0 Å². The molecule has 0 nitrogen and oxygen atoms in total. The van der Waals surface area contributed by atoms with Gasteiger partial charge in [0.1, 0.15) is 7.28 Å². The Hall–Kier alpha value is 0.0649. The van der Waals surface area contributed by atoms with Gasteiger partial charge in [-0.3, -0.25) is 0 Å². The van der Waals surface area contributed by atoms with Crippen molar-refractivity contribution in [2.45, 2.75) is 45.2 Å². The number of hydrogen-bond acceptors (Lipinski definition) is 0. The Labute approximate surface area is 71.0 Å². The van der Waals surface area contributed by atoms with Crippen molar-refractivity contribution >= 4 is 7.28 Å². The summed E-state index contributed by atoms with van der Waals surface area (Å²) in [5, 5.41) is 0. The van der Waals surface area contributed by atoms with Gasteiger partial charge in [0, 0.05) is 0 Å². The summed E-state index contributed by atoms with van der Waals surface area (Å²) in [6.07, 6.45) is 5.92. The second kappa shape index (κ2) is 2.84. The minimum Gasteiger partial charge on any atom is -0.0769 e. The maximum absolute atomic E-state index is 2.56. The molecule has 1 heterocycles. The number of hydrogen-bond donors (Lipinski definition) is 0. The van der Waals surface area contributed by atoms with Crippen molar-refractivity contribution in [1.29, 1.82) is 0 Å². The molecule has 1 unspecified atom stereocenters. The summed E-state index contributed by atoms with van der Waals surface area (Å²) in [7, 11) is 2.56. The van der Waals surface area contributed by atoms with E-state index in [-0.39, 0.29) is 0 Å². The lowest BCUT2D eigenvalue weighted by molar-refractivity contribution is 0.189. The van der Waals surface area contributed by atoms with E-state index in [1.807, 2.05) is 0 Å². The zero-order chi connectivity index (χ0) is 7.84. The van der Waals surface area contributed by atoms with Crippen LogP contribution >= 0.6 is 0 Å². The molecule has 2 fully saturated rings. The van der Waals surface area contributed by atoms with Crippen LogP contribution in [-0.4, -0.2) is 7.28 Å². The second-order valence-electron chi connectivity index (χ2n) is 4.64. The largest absolute Gasteiger partial charge is 0.113 e. The van der Waals surface area contributed by atoms with Crippen molar-refractivity contribution in [1.82, 2.24) is 0 Å². The Balaban J connectivity index is 2.02. The smallest absolute Gasteiger partial charge is 0.0769 e. The highest BCUT2D eigenvalue weighted by Crippen LogP contribution is 2.45. The highest BCUT2D eigenvalue weighted by Gasteiger charge is 2.34. The fraction of sp³-hybridized carbons (Fsp3) is 1.00. The van der Waals surface area contributed by atoms with Crippen LogP contribution in [0.3, 0.4) is 0 Å². The summed E-state index contributed by atoms with van der Waals surface area (Å²) in [6.45, 7) is 4.83. The Morgan fingerprint density at radius 2 is 1.91 bits per heavy atom. The third-order valence-corrected chi connectivity index (χ3v) is 3.96. The fourth-order valence-corrected chi connectivity index (χ4v) is 2.84. The maximum Gasteiger partial charge on any atom is 0.113 e. The summed E-state index contributed by atoms with van der Waals surface area (Å²) < 4.78 is 0. The van der Waals surface area contributed by atoms with Crippen LogP contribution in [0.25, 0.3) is 0 Å².